The number of fused-ring (bicyclic) bond motifs is 1. The average Bonchev–Trinajstić information content (AvgIpc) is 1.64. The second-order valence-corrected chi connectivity index (χ2v) is 24.7. The second kappa shape index (κ2) is 57.2. The van der Waals surface area contributed by atoms with Gasteiger partial charge in [0.05, 0.1) is 64.8 Å². The highest BCUT2D eigenvalue weighted by molar-refractivity contribution is 8.00. The molecule has 4 aliphatic heterocycles. The molecule has 4 saturated heterocycles. The molecule has 1 aliphatic carbocycles. The highest BCUT2D eigenvalue weighted by atomic mass is 35.5. The summed E-state index contributed by atoms with van der Waals surface area (Å²) in [5.41, 5.74) is 0.376. The van der Waals surface area contributed by atoms with E-state index in [1.807, 2.05) is 46.4 Å². The second-order valence-electron chi connectivity index (χ2n) is 21.9. The number of aliphatic hydroxyl groups excluding tert-OH is 1. The van der Waals surface area contributed by atoms with Gasteiger partial charge in [0.1, 0.15) is 31.7 Å². The number of carbonyl (C=O) groups is 12. The summed E-state index contributed by atoms with van der Waals surface area (Å²) in [6.45, 7) is 15.2. The van der Waals surface area contributed by atoms with Crippen molar-refractivity contribution in [3.05, 3.63) is 23.8 Å². The fourth-order valence-electron chi connectivity index (χ4n) is 8.22. The van der Waals surface area contributed by atoms with Gasteiger partial charge in [-0.3, -0.25) is 14.4 Å². The molecule has 1 aromatic carbocycles. The van der Waals surface area contributed by atoms with E-state index in [0.29, 0.717) is 75.0 Å². The van der Waals surface area contributed by atoms with Gasteiger partial charge in [0.15, 0.2) is 60.1 Å². The SMILES string of the molecule is CC(C)OCCOC(=O)OCCl.CC(OC(=O)OCCl)C1COC1.CC1(COC(=O)OCCl)COC1.CC1CCC(C(C)OC(=O)OCCl)CC1.COc1cc(C=O)ccc1OC(=O)OCCl.O=C(CC(O)C(=O)O)OC(=O)OCCl.O=C1N[C@H]2[C@H](CS[C@H]2CCCCC(=O)OC(=O)OCCl)N1. The van der Waals surface area contributed by atoms with Crippen molar-refractivity contribution >= 4 is 166 Å². The number of aldehydes is 1. The monoisotopic (exact) mass is 1620 g/mol. The zero-order valence-corrected chi connectivity index (χ0v) is 62.9. The summed E-state index contributed by atoms with van der Waals surface area (Å²) in [6.07, 6.45) is -1.14. The predicted molar refractivity (Wildman–Crippen MR) is 362 cm³/mol. The number of rotatable bonds is 28. The lowest BCUT2D eigenvalue weighted by atomic mass is 9.80. The van der Waals surface area contributed by atoms with Crippen LogP contribution in [-0.4, -0.2) is 227 Å². The molecule has 0 aromatic heterocycles. The van der Waals surface area contributed by atoms with Gasteiger partial charge in [0.2, 0.25) is 0 Å². The molecule has 584 valence electrons. The molecule has 1 aromatic rings. The minimum Gasteiger partial charge on any atom is -0.493 e. The molecule has 0 radical (unpaired) electrons. The Labute approximate surface area is 627 Å². The van der Waals surface area contributed by atoms with E-state index < -0.39 is 79.6 Å². The van der Waals surface area contributed by atoms with Crippen molar-refractivity contribution in [3.63, 3.8) is 0 Å². The number of aliphatic carboxylic acids is 1. The van der Waals surface area contributed by atoms with Gasteiger partial charge in [-0.25, -0.2) is 43.2 Å². The number of hydrogen-bond donors (Lipinski definition) is 4. The molecule has 42 heteroatoms. The number of urea groups is 1. The van der Waals surface area contributed by atoms with Gasteiger partial charge in [-0.1, -0.05) is 114 Å². The molecule has 6 atom stereocenters. The number of carbonyl (C=O) groups excluding carboxylic acids is 11. The van der Waals surface area contributed by atoms with Crippen LogP contribution in [0.2, 0.25) is 0 Å². The lowest BCUT2D eigenvalue weighted by Crippen LogP contribution is -2.44. The molecule has 5 fully saturated rings. The number of methoxy groups -OCH3 is 1. The van der Waals surface area contributed by atoms with Gasteiger partial charge in [0.25, 0.3) is 0 Å². The van der Waals surface area contributed by atoms with E-state index >= 15 is 0 Å². The van der Waals surface area contributed by atoms with E-state index in [0.717, 1.165) is 37.4 Å². The number of ether oxygens (including phenoxy) is 18. The van der Waals surface area contributed by atoms with E-state index in [2.05, 4.69) is 64.9 Å². The van der Waals surface area contributed by atoms with Crippen molar-refractivity contribution in [2.45, 2.75) is 141 Å². The van der Waals surface area contributed by atoms with Crippen LogP contribution in [0.1, 0.15) is 110 Å². The highest BCUT2D eigenvalue weighted by Gasteiger charge is 2.42. The Morgan fingerprint density at radius 2 is 1.15 bits per heavy atom. The van der Waals surface area contributed by atoms with Crippen LogP contribution in [0.15, 0.2) is 18.2 Å². The van der Waals surface area contributed by atoms with Crippen molar-refractivity contribution in [3.8, 4) is 11.5 Å². The molecule has 6 rings (SSSR count). The summed E-state index contributed by atoms with van der Waals surface area (Å²) < 4.78 is 82.6. The number of amides is 2. The van der Waals surface area contributed by atoms with Crippen LogP contribution in [0.4, 0.5) is 38.4 Å². The van der Waals surface area contributed by atoms with Crippen molar-refractivity contribution in [1.82, 2.24) is 10.6 Å². The number of benzene rings is 1. The minimum absolute atomic E-state index is 0.0364. The first-order chi connectivity index (χ1) is 48.5. The summed E-state index contributed by atoms with van der Waals surface area (Å²) in [5, 5.41) is 23.0. The Kier molecular flexibility index (Phi) is 53.8. The van der Waals surface area contributed by atoms with Crippen LogP contribution in [0.3, 0.4) is 0 Å². The fraction of sp³-hybridized carbons (Fsp3) is 0.700. The summed E-state index contributed by atoms with van der Waals surface area (Å²) in [6, 6.07) is 2.82. The van der Waals surface area contributed by atoms with Gasteiger partial charge in [-0.2, -0.15) is 11.8 Å². The first-order valence-corrected chi connectivity index (χ1v) is 35.5. The van der Waals surface area contributed by atoms with Gasteiger partial charge >= 0.3 is 67.0 Å². The molecule has 4 N–H and O–H groups in total. The summed E-state index contributed by atoms with van der Waals surface area (Å²) in [4.78, 5) is 129. The number of halogens is 7. The lowest BCUT2D eigenvalue weighted by molar-refractivity contribution is -0.153. The third-order valence-corrected chi connectivity index (χ3v) is 15.9. The number of carboxylic acid groups (broad SMARTS) is 1. The van der Waals surface area contributed by atoms with Crippen LogP contribution >= 0.6 is 93.0 Å². The fourth-order valence-corrected chi connectivity index (χ4v) is 10.4. The van der Waals surface area contributed by atoms with Crippen molar-refractivity contribution < 1.29 is 153 Å². The lowest BCUT2D eigenvalue weighted by Gasteiger charge is -2.36. The molecule has 2 amide bonds. The van der Waals surface area contributed by atoms with Crippen molar-refractivity contribution in [2.24, 2.45) is 23.2 Å². The number of alkyl halides is 7. The number of aliphatic hydroxyl groups is 1. The van der Waals surface area contributed by atoms with Gasteiger partial charge < -0.3 is 106 Å². The van der Waals surface area contributed by atoms with Crippen LogP contribution < -0.4 is 20.1 Å². The zero-order valence-electron chi connectivity index (χ0n) is 56.7. The topological polar surface area (TPSA) is 435 Å². The summed E-state index contributed by atoms with van der Waals surface area (Å²) in [5.74, 6) is -0.500. The quantitative estimate of drug-likeness (QED) is 0.00884. The average molecular weight is 1630 g/mol. The largest absolute Gasteiger partial charge is 0.517 e. The molecule has 34 nitrogen and oxygen atoms in total. The molecule has 0 spiro atoms. The standard InChI is InChI=1S/C12H17ClN2O5S.C11H19ClO3.C10H9ClO5.2C7H11ClO4.C7H13ClO4.C6H7ClO7/c13-6-19-12(18)20-9(16)4-2-1-3-8-10-7(5-21-8)14-11(17)15-10;1-8-3-5-10(6-4-8)9(2)15-11(13)14-7-12;1-14-9-4-7(5-12)2-3-8(9)16-10(13)15-6-11;1-7(2-10-3-7)4-11-6(9)12-5-8;1-5(6-2-10-3-6)12-7(9)11-4-8;1-6(2)10-3-4-11-7(9)12-5-8;7-2-13-6(12)14-4(9)1-3(8)5(10)11/h7-8,10H,1-6H2,(H2,14,15,17);8-10H,3-7H2,1-2H3;2-5H,6H2,1H3;2-5H2,1H3;5-6H,2-4H2,1H3;6H,3-5H2,1-2H3;3,8H,1-2H2,(H,10,11)/t7-,8-,10-;;;;;;/m0....../s1. The number of unbranched alkanes of at least 4 members (excludes halogenated alkanes) is 1. The number of carboxylic acids is 1. The molecule has 0 bridgehead atoms. The van der Waals surface area contributed by atoms with Crippen molar-refractivity contribution in [1.29, 1.82) is 0 Å². The van der Waals surface area contributed by atoms with E-state index in [1.165, 1.54) is 38.2 Å². The van der Waals surface area contributed by atoms with Crippen LogP contribution in [-0.2, 0) is 90.2 Å². The number of esters is 2. The normalized spacial score (nSPS) is 18.5. The number of thioether (sulfide) groups is 1. The Morgan fingerprint density at radius 3 is 1.63 bits per heavy atom. The maximum atomic E-state index is 11.3. The van der Waals surface area contributed by atoms with Crippen molar-refractivity contribution in [2.75, 3.05) is 102 Å². The van der Waals surface area contributed by atoms with E-state index in [4.69, 9.17) is 129 Å². The maximum absolute atomic E-state index is 11.3. The number of hydrogen-bond acceptors (Lipinski definition) is 32. The van der Waals surface area contributed by atoms with Crippen LogP contribution in [0, 0.1) is 23.2 Å². The molecule has 1 saturated carbocycles. The molecular weight excluding hydrogens is 1540 g/mol. The Balaban J connectivity index is 0.00000118. The van der Waals surface area contributed by atoms with Crippen LogP contribution in [0.25, 0.3) is 0 Å². The first kappa shape index (κ1) is 95.9. The number of nitrogens with one attached hydrogen (secondary N) is 2. The predicted octanol–water partition coefficient (Wildman–Crippen LogP) is 11.6. The Hall–Kier alpha value is -6.12. The Bertz CT molecular complexity index is 2660. The van der Waals surface area contributed by atoms with Gasteiger partial charge in [-0.15, -0.1) is 0 Å². The third-order valence-electron chi connectivity index (χ3n) is 13.6. The molecule has 4 heterocycles. The minimum atomic E-state index is -1.91. The first-order valence-electron chi connectivity index (χ1n) is 30.7. The Morgan fingerprint density at radius 1 is 0.637 bits per heavy atom. The molecule has 102 heavy (non-hydrogen) atoms. The summed E-state index contributed by atoms with van der Waals surface area (Å²) in [7, 11) is 1.39. The highest BCUT2D eigenvalue weighted by Crippen LogP contribution is 2.34. The summed E-state index contributed by atoms with van der Waals surface area (Å²) >= 11 is 37.8. The van der Waals surface area contributed by atoms with Gasteiger partial charge in [-0.05, 0) is 83.4 Å². The van der Waals surface area contributed by atoms with Gasteiger partial charge in [0, 0.05) is 34.3 Å². The smallest absolute Gasteiger partial charge is 0.493 e. The molecule has 3 unspecified atom stereocenters. The molecule has 5 aliphatic rings. The maximum Gasteiger partial charge on any atom is 0.517 e. The van der Waals surface area contributed by atoms with Crippen LogP contribution in [0.5, 0.6) is 11.5 Å². The van der Waals surface area contributed by atoms with E-state index in [-0.39, 0.29) is 103 Å². The van der Waals surface area contributed by atoms with E-state index in [9.17, 15) is 57.5 Å². The third kappa shape index (κ3) is 45.9. The molecular formula is C60H87Cl7N2O32S. The van der Waals surface area contributed by atoms with E-state index in [1.54, 1.807) is 0 Å². The zero-order chi connectivity index (χ0) is 77.0.